The number of aryl methyl sites for hydroxylation is 1. The maximum atomic E-state index is 12.1. The largest absolute Gasteiger partial charge is 0.496 e. The van der Waals surface area contributed by atoms with E-state index in [1.807, 2.05) is 26.8 Å². The van der Waals surface area contributed by atoms with Crippen LogP contribution in [0, 0.1) is 0 Å². The summed E-state index contributed by atoms with van der Waals surface area (Å²) >= 11 is 0. The van der Waals surface area contributed by atoms with Crippen molar-refractivity contribution in [3.05, 3.63) is 70.9 Å². The van der Waals surface area contributed by atoms with Crippen LogP contribution in [0.2, 0.25) is 0 Å². The van der Waals surface area contributed by atoms with Gasteiger partial charge in [0.05, 0.1) is 12.7 Å². The van der Waals surface area contributed by atoms with Gasteiger partial charge in [-0.3, -0.25) is 0 Å². The van der Waals surface area contributed by atoms with Crippen LogP contribution in [0.3, 0.4) is 0 Å². The van der Waals surface area contributed by atoms with Gasteiger partial charge in [0.25, 0.3) is 0 Å². The molecule has 0 amide bonds. The highest BCUT2D eigenvalue weighted by molar-refractivity contribution is 5.91. The molecule has 0 bridgehead atoms. The number of carbonyl (C=O) groups is 2. The lowest BCUT2D eigenvalue weighted by Gasteiger charge is -2.17. The van der Waals surface area contributed by atoms with E-state index in [9.17, 15) is 14.7 Å². The van der Waals surface area contributed by atoms with Crippen LogP contribution in [0.1, 0.15) is 61.2 Å². The average Bonchev–Trinajstić information content (AvgIpc) is 3.08. The van der Waals surface area contributed by atoms with Crippen molar-refractivity contribution in [2.75, 3.05) is 7.11 Å². The molecule has 1 heterocycles. The van der Waals surface area contributed by atoms with Crippen molar-refractivity contribution in [1.29, 1.82) is 0 Å². The first-order valence-corrected chi connectivity index (χ1v) is 11.0. The van der Waals surface area contributed by atoms with Crippen LogP contribution in [-0.2, 0) is 22.5 Å². The third kappa shape index (κ3) is 6.04. The molecule has 0 saturated heterocycles. The summed E-state index contributed by atoms with van der Waals surface area (Å²) in [5.41, 5.74) is 3.68. The van der Waals surface area contributed by atoms with E-state index in [-0.39, 0.29) is 11.5 Å². The Labute approximate surface area is 194 Å². The molecule has 0 aliphatic carbocycles. The Bertz CT molecular complexity index is 1200. The predicted octanol–water partition coefficient (Wildman–Crippen LogP) is 5.70. The zero-order valence-electron chi connectivity index (χ0n) is 19.8. The smallest absolute Gasteiger partial charge is 0.335 e. The first-order valence-electron chi connectivity index (χ1n) is 11.0. The van der Waals surface area contributed by atoms with Gasteiger partial charge >= 0.3 is 11.9 Å². The maximum Gasteiger partial charge on any atom is 0.335 e. The molecule has 0 saturated carbocycles. The van der Waals surface area contributed by atoms with Crippen molar-refractivity contribution in [3.8, 4) is 5.75 Å². The SMILES string of the molecule is CCCn1cc(Cc2ccc(C(=O)O)cc2OC)c2cc(C=CC(=O)OC(C)(C)C)ccc21. The first kappa shape index (κ1) is 24.1. The number of carboxylic acid groups (broad SMARTS) is 1. The van der Waals surface area contributed by atoms with Crippen molar-refractivity contribution in [3.63, 3.8) is 0 Å². The molecule has 0 aliphatic rings. The number of aromatic carboxylic acids is 1. The van der Waals surface area contributed by atoms with Gasteiger partial charge in [-0.15, -0.1) is 0 Å². The van der Waals surface area contributed by atoms with E-state index in [1.165, 1.54) is 6.08 Å². The van der Waals surface area contributed by atoms with Crippen LogP contribution in [0.4, 0.5) is 0 Å². The fourth-order valence-electron chi connectivity index (χ4n) is 3.79. The summed E-state index contributed by atoms with van der Waals surface area (Å²) in [4.78, 5) is 23.4. The van der Waals surface area contributed by atoms with Crippen molar-refractivity contribution < 1.29 is 24.2 Å². The highest BCUT2D eigenvalue weighted by atomic mass is 16.6. The van der Waals surface area contributed by atoms with Gasteiger partial charge < -0.3 is 19.1 Å². The number of esters is 1. The molecule has 0 unspecified atom stereocenters. The standard InChI is InChI=1S/C27H31NO5/c1-6-13-28-17-21(15-19-9-10-20(26(30)31)16-24(19)32-5)22-14-18(7-11-23(22)28)8-12-25(29)33-27(2,3)4/h7-12,14,16-17H,6,13,15H2,1-5H3,(H,30,31). The molecule has 6 nitrogen and oxygen atoms in total. The summed E-state index contributed by atoms with van der Waals surface area (Å²) in [6.07, 6.45) is 6.94. The lowest BCUT2D eigenvalue weighted by Crippen LogP contribution is -2.22. The average molecular weight is 450 g/mol. The fourth-order valence-corrected chi connectivity index (χ4v) is 3.79. The Kier molecular flexibility index (Phi) is 7.26. The molecular weight excluding hydrogens is 418 g/mol. The first-order chi connectivity index (χ1) is 15.6. The summed E-state index contributed by atoms with van der Waals surface area (Å²) in [7, 11) is 1.55. The maximum absolute atomic E-state index is 12.1. The molecule has 0 spiro atoms. The zero-order chi connectivity index (χ0) is 24.2. The van der Waals surface area contributed by atoms with Gasteiger partial charge in [-0.25, -0.2) is 9.59 Å². The van der Waals surface area contributed by atoms with Crippen LogP contribution in [0.15, 0.2) is 48.7 Å². The molecule has 0 aliphatic heterocycles. The van der Waals surface area contributed by atoms with Crippen molar-refractivity contribution >= 4 is 28.9 Å². The lowest BCUT2D eigenvalue weighted by atomic mass is 10.0. The van der Waals surface area contributed by atoms with Crippen molar-refractivity contribution in [2.45, 2.75) is 52.7 Å². The van der Waals surface area contributed by atoms with Gasteiger partial charge in [0.15, 0.2) is 0 Å². The second kappa shape index (κ2) is 9.94. The van der Waals surface area contributed by atoms with E-state index in [2.05, 4.69) is 29.8 Å². The number of carboxylic acids is 1. The van der Waals surface area contributed by atoms with Crippen LogP contribution in [0.25, 0.3) is 17.0 Å². The third-order valence-electron chi connectivity index (χ3n) is 5.19. The normalized spacial score (nSPS) is 11.8. The lowest BCUT2D eigenvalue weighted by molar-refractivity contribution is -0.148. The molecule has 33 heavy (non-hydrogen) atoms. The van der Waals surface area contributed by atoms with E-state index < -0.39 is 11.6 Å². The minimum absolute atomic E-state index is 0.193. The van der Waals surface area contributed by atoms with Gasteiger partial charge in [-0.05, 0) is 74.2 Å². The van der Waals surface area contributed by atoms with Crippen LogP contribution < -0.4 is 4.74 Å². The van der Waals surface area contributed by atoms with Gasteiger partial charge in [0.1, 0.15) is 11.4 Å². The molecule has 6 heteroatoms. The van der Waals surface area contributed by atoms with E-state index in [0.717, 1.165) is 40.6 Å². The molecule has 0 fully saturated rings. The summed E-state index contributed by atoms with van der Waals surface area (Å²) in [6, 6.07) is 11.1. The molecule has 0 radical (unpaired) electrons. The third-order valence-corrected chi connectivity index (χ3v) is 5.19. The number of rotatable bonds is 8. The van der Waals surface area contributed by atoms with Gasteiger partial charge in [0.2, 0.25) is 0 Å². The fraction of sp³-hybridized carbons (Fsp3) is 0.333. The number of nitrogens with zero attached hydrogens (tertiary/aromatic N) is 1. The number of hydrogen-bond acceptors (Lipinski definition) is 4. The number of fused-ring (bicyclic) bond motifs is 1. The second-order valence-corrected chi connectivity index (χ2v) is 9.00. The minimum atomic E-state index is -0.985. The molecular formula is C27H31NO5. The second-order valence-electron chi connectivity index (χ2n) is 9.00. The molecule has 3 aromatic rings. The predicted molar refractivity (Wildman–Crippen MR) is 130 cm³/mol. The molecule has 0 atom stereocenters. The molecule has 174 valence electrons. The summed E-state index contributed by atoms with van der Waals surface area (Å²) in [5.74, 6) is -0.817. The van der Waals surface area contributed by atoms with Gasteiger partial charge in [0, 0.05) is 36.1 Å². The van der Waals surface area contributed by atoms with E-state index in [4.69, 9.17) is 9.47 Å². The van der Waals surface area contributed by atoms with Crippen molar-refractivity contribution in [2.24, 2.45) is 0 Å². The summed E-state index contributed by atoms with van der Waals surface area (Å²) < 4.78 is 13.0. The van der Waals surface area contributed by atoms with E-state index in [1.54, 1.807) is 31.4 Å². The Morgan fingerprint density at radius 2 is 1.85 bits per heavy atom. The number of carbonyl (C=O) groups excluding carboxylic acids is 1. The molecule has 1 aromatic heterocycles. The van der Waals surface area contributed by atoms with Crippen LogP contribution >= 0.6 is 0 Å². The van der Waals surface area contributed by atoms with E-state index in [0.29, 0.717) is 12.2 Å². The Morgan fingerprint density at radius 3 is 2.48 bits per heavy atom. The zero-order valence-corrected chi connectivity index (χ0v) is 19.8. The number of ether oxygens (including phenoxy) is 2. The molecule has 2 aromatic carbocycles. The van der Waals surface area contributed by atoms with Gasteiger partial charge in [-0.1, -0.05) is 19.1 Å². The highest BCUT2D eigenvalue weighted by Gasteiger charge is 2.15. The summed E-state index contributed by atoms with van der Waals surface area (Å²) in [5, 5.41) is 10.4. The minimum Gasteiger partial charge on any atom is -0.496 e. The Balaban J connectivity index is 1.98. The Morgan fingerprint density at radius 1 is 1.09 bits per heavy atom. The number of aromatic nitrogens is 1. The topological polar surface area (TPSA) is 77.8 Å². The van der Waals surface area contributed by atoms with Crippen LogP contribution in [0.5, 0.6) is 5.75 Å². The molecule has 3 rings (SSSR count). The Hall–Kier alpha value is -3.54. The number of methoxy groups -OCH3 is 1. The number of benzene rings is 2. The summed E-state index contributed by atoms with van der Waals surface area (Å²) in [6.45, 7) is 8.54. The highest BCUT2D eigenvalue weighted by Crippen LogP contribution is 2.29. The number of hydrogen-bond donors (Lipinski definition) is 1. The van der Waals surface area contributed by atoms with Gasteiger partial charge in [-0.2, -0.15) is 0 Å². The monoisotopic (exact) mass is 449 g/mol. The van der Waals surface area contributed by atoms with Crippen molar-refractivity contribution in [1.82, 2.24) is 4.57 Å². The van der Waals surface area contributed by atoms with Crippen LogP contribution in [-0.4, -0.2) is 34.3 Å². The van der Waals surface area contributed by atoms with E-state index >= 15 is 0 Å². The quantitative estimate of drug-likeness (QED) is 0.352. The molecule has 1 N–H and O–H groups in total.